The number of hydrogen-bond acceptors (Lipinski definition) is 6. The number of carbonyl (C=O) groups is 1. The predicted octanol–water partition coefficient (Wildman–Crippen LogP) is 4.53. The molecule has 11 heteroatoms. The lowest BCUT2D eigenvalue weighted by Gasteiger charge is -2.10. The Labute approximate surface area is 197 Å². The minimum atomic E-state index is -0.360. The molecule has 0 saturated carbocycles. The normalized spacial score (nSPS) is 10.9. The highest BCUT2D eigenvalue weighted by molar-refractivity contribution is 7.80. The third-order valence-electron chi connectivity index (χ3n) is 4.43. The van der Waals surface area contributed by atoms with Gasteiger partial charge in [-0.05, 0) is 36.0 Å². The van der Waals surface area contributed by atoms with Crippen molar-refractivity contribution in [2.45, 2.75) is 19.9 Å². The fraction of sp³-hybridized carbons (Fsp3) is 0.150. The summed E-state index contributed by atoms with van der Waals surface area (Å²) in [6, 6.07) is 12.6. The Balaban J connectivity index is 1.35. The third kappa shape index (κ3) is 4.85. The molecule has 0 radical (unpaired) electrons. The number of nitrogens with one attached hydrogen (secondary N) is 2. The molecular weight excluding hydrogens is 475 g/mol. The molecule has 2 N–H and O–H groups in total. The lowest BCUT2D eigenvalue weighted by molar-refractivity contribution is 0.0976. The summed E-state index contributed by atoms with van der Waals surface area (Å²) in [5, 5.41) is 20.3. The van der Waals surface area contributed by atoms with Gasteiger partial charge in [-0.1, -0.05) is 65.7 Å². The molecule has 7 nitrogen and oxygen atoms in total. The first-order chi connectivity index (χ1) is 14.9. The second-order valence-electron chi connectivity index (χ2n) is 6.53. The van der Waals surface area contributed by atoms with Crippen molar-refractivity contribution >= 4 is 62.7 Å². The van der Waals surface area contributed by atoms with Crippen molar-refractivity contribution in [3.05, 3.63) is 69.5 Å². The average Bonchev–Trinajstić information content (AvgIpc) is 3.35. The Morgan fingerprint density at radius 1 is 1.13 bits per heavy atom. The molecule has 0 aliphatic heterocycles. The van der Waals surface area contributed by atoms with Crippen molar-refractivity contribution in [1.82, 2.24) is 30.4 Å². The monoisotopic (exact) mass is 490 g/mol. The van der Waals surface area contributed by atoms with E-state index in [9.17, 15) is 4.79 Å². The van der Waals surface area contributed by atoms with Crippen molar-refractivity contribution in [2.24, 2.45) is 0 Å². The van der Waals surface area contributed by atoms with Crippen LogP contribution in [0.1, 0.15) is 28.7 Å². The SMILES string of the molecule is CCc1nnc2sc(-c3ccc(CNC(=S)NC(=O)c4ccc(Cl)c(Cl)c4)cc3)nn12. The standard InChI is InChI=1S/C20H16Cl2N6OS2/c1-2-16-25-26-20-28(16)27-18(31-20)12-5-3-11(4-6-12)10-23-19(30)24-17(29)13-7-8-14(21)15(22)9-13/h3-9H,2,10H2,1H3,(H2,23,24,29,30). The lowest BCUT2D eigenvalue weighted by atomic mass is 10.1. The largest absolute Gasteiger partial charge is 0.358 e. The second-order valence-corrected chi connectivity index (χ2v) is 8.71. The Kier molecular flexibility index (Phi) is 6.47. The van der Waals surface area contributed by atoms with Crippen LogP contribution in [0.5, 0.6) is 0 Å². The van der Waals surface area contributed by atoms with Gasteiger partial charge in [-0.15, -0.1) is 10.2 Å². The van der Waals surface area contributed by atoms with Crippen molar-refractivity contribution in [3.63, 3.8) is 0 Å². The molecule has 4 aromatic rings. The van der Waals surface area contributed by atoms with Gasteiger partial charge in [-0.3, -0.25) is 10.1 Å². The smallest absolute Gasteiger partial charge is 0.257 e. The molecule has 2 aromatic heterocycles. The predicted molar refractivity (Wildman–Crippen MR) is 127 cm³/mol. The van der Waals surface area contributed by atoms with E-state index >= 15 is 0 Å². The van der Waals surface area contributed by atoms with Crippen LogP contribution in [0.2, 0.25) is 10.0 Å². The fourth-order valence-electron chi connectivity index (χ4n) is 2.80. The van der Waals surface area contributed by atoms with Gasteiger partial charge in [0.2, 0.25) is 4.96 Å². The maximum atomic E-state index is 12.3. The topological polar surface area (TPSA) is 84.2 Å². The number of halogens is 2. The van der Waals surface area contributed by atoms with Crippen molar-refractivity contribution in [1.29, 1.82) is 0 Å². The molecule has 0 fully saturated rings. The maximum absolute atomic E-state index is 12.3. The first-order valence-electron chi connectivity index (χ1n) is 9.29. The minimum Gasteiger partial charge on any atom is -0.358 e. The van der Waals surface area contributed by atoms with Gasteiger partial charge in [-0.2, -0.15) is 9.61 Å². The third-order valence-corrected chi connectivity index (χ3v) is 6.37. The van der Waals surface area contributed by atoms with Crippen LogP contribution >= 0.6 is 46.8 Å². The van der Waals surface area contributed by atoms with Gasteiger partial charge < -0.3 is 5.32 Å². The first kappa shape index (κ1) is 21.6. The zero-order valence-corrected chi connectivity index (χ0v) is 19.4. The van der Waals surface area contributed by atoms with E-state index in [2.05, 4.69) is 25.9 Å². The van der Waals surface area contributed by atoms with Crippen LogP contribution in [0.25, 0.3) is 15.5 Å². The first-order valence-corrected chi connectivity index (χ1v) is 11.3. The molecular formula is C20H16Cl2N6OS2. The maximum Gasteiger partial charge on any atom is 0.257 e. The van der Waals surface area contributed by atoms with Gasteiger partial charge in [-0.25, -0.2) is 0 Å². The van der Waals surface area contributed by atoms with E-state index in [1.54, 1.807) is 16.6 Å². The van der Waals surface area contributed by atoms with E-state index in [1.807, 2.05) is 31.2 Å². The van der Waals surface area contributed by atoms with Crippen LogP contribution in [-0.4, -0.2) is 30.8 Å². The van der Waals surface area contributed by atoms with Crippen LogP contribution in [0.15, 0.2) is 42.5 Å². The molecule has 0 saturated heterocycles. The number of aryl methyl sites for hydroxylation is 1. The molecule has 2 aromatic carbocycles. The number of amides is 1. The summed E-state index contributed by atoms with van der Waals surface area (Å²) in [4.78, 5) is 13.0. The average molecular weight is 491 g/mol. The van der Waals surface area contributed by atoms with Crippen molar-refractivity contribution in [3.8, 4) is 10.6 Å². The van der Waals surface area contributed by atoms with Gasteiger partial charge in [0.1, 0.15) is 5.01 Å². The summed E-state index contributed by atoms with van der Waals surface area (Å²) in [5.74, 6) is 0.482. The van der Waals surface area contributed by atoms with Crippen LogP contribution in [0.3, 0.4) is 0 Å². The molecule has 1 amide bonds. The highest BCUT2D eigenvalue weighted by Crippen LogP contribution is 2.26. The molecule has 31 heavy (non-hydrogen) atoms. The molecule has 0 bridgehead atoms. The fourth-order valence-corrected chi connectivity index (χ4v) is 4.13. The summed E-state index contributed by atoms with van der Waals surface area (Å²) in [6.07, 6.45) is 0.774. The Morgan fingerprint density at radius 3 is 2.61 bits per heavy atom. The Hall–Kier alpha value is -2.59. The molecule has 0 spiro atoms. The number of aromatic nitrogens is 4. The van der Waals surface area contributed by atoms with Crippen LogP contribution in [0, 0.1) is 0 Å². The zero-order valence-electron chi connectivity index (χ0n) is 16.2. The number of benzene rings is 2. The quantitative estimate of drug-likeness (QED) is 0.400. The van der Waals surface area contributed by atoms with Gasteiger partial charge in [0.25, 0.3) is 5.91 Å². The molecule has 0 atom stereocenters. The number of fused-ring (bicyclic) bond motifs is 1. The van der Waals surface area contributed by atoms with E-state index in [4.69, 9.17) is 35.4 Å². The van der Waals surface area contributed by atoms with Gasteiger partial charge in [0.15, 0.2) is 10.9 Å². The van der Waals surface area contributed by atoms with E-state index in [-0.39, 0.29) is 11.0 Å². The molecule has 0 unspecified atom stereocenters. The minimum absolute atomic E-state index is 0.223. The van der Waals surface area contributed by atoms with E-state index < -0.39 is 0 Å². The van der Waals surface area contributed by atoms with Crippen molar-refractivity contribution in [2.75, 3.05) is 0 Å². The van der Waals surface area contributed by atoms with E-state index in [0.717, 1.165) is 33.3 Å². The van der Waals surface area contributed by atoms with E-state index in [0.29, 0.717) is 22.2 Å². The Morgan fingerprint density at radius 2 is 1.90 bits per heavy atom. The highest BCUT2D eigenvalue weighted by Gasteiger charge is 2.12. The summed E-state index contributed by atoms with van der Waals surface area (Å²) in [5.41, 5.74) is 2.38. The molecule has 2 heterocycles. The van der Waals surface area contributed by atoms with Gasteiger partial charge in [0, 0.05) is 24.1 Å². The van der Waals surface area contributed by atoms with Gasteiger partial charge in [0.05, 0.1) is 10.0 Å². The number of carbonyl (C=O) groups excluding carboxylic acids is 1. The van der Waals surface area contributed by atoms with Crippen LogP contribution in [-0.2, 0) is 13.0 Å². The number of thiocarbonyl (C=S) groups is 1. The molecule has 4 rings (SSSR count). The molecule has 0 aliphatic carbocycles. The van der Waals surface area contributed by atoms with Crippen molar-refractivity contribution < 1.29 is 4.79 Å². The van der Waals surface area contributed by atoms with Gasteiger partial charge >= 0.3 is 0 Å². The van der Waals surface area contributed by atoms with E-state index in [1.165, 1.54) is 17.4 Å². The molecule has 0 aliphatic rings. The lowest BCUT2D eigenvalue weighted by Crippen LogP contribution is -2.38. The number of rotatable bonds is 5. The second kappa shape index (κ2) is 9.27. The van der Waals surface area contributed by atoms with Crippen LogP contribution < -0.4 is 10.6 Å². The summed E-state index contributed by atoms with van der Waals surface area (Å²) >= 11 is 18.5. The summed E-state index contributed by atoms with van der Waals surface area (Å²) in [6.45, 7) is 2.49. The van der Waals surface area contributed by atoms with Crippen LogP contribution in [0.4, 0.5) is 0 Å². The number of hydrogen-bond donors (Lipinski definition) is 2. The summed E-state index contributed by atoms with van der Waals surface area (Å²) in [7, 11) is 0. The molecule has 158 valence electrons. The summed E-state index contributed by atoms with van der Waals surface area (Å²) < 4.78 is 1.78. The number of nitrogens with zero attached hydrogens (tertiary/aromatic N) is 4. The zero-order chi connectivity index (χ0) is 22.0. The Bertz CT molecular complexity index is 1270. The highest BCUT2D eigenvalue weighted by atomic mass is 35.5.